The maximum Gasteiger partial charge on any atom is 0.175 e. The number of rotatable bonds is 6. The molecule has 0 spiro atoms. The van der Waals surface area contributed by atoms with Crippen molar-refractivity contribution in [3.63, 3.8) is 0 Å². The first-order chi connectivity index (χ1) is 8.20. The minimum Gasteiger partial charge on any atom is -0.490 e. The van der Waals surface area contributed by atoms with Crippen LogP contribution in [-0.2, 0) is 4.74 Å². The van der Waals surface area contributed by atoms with Crippen LogP contribution >= 0.6 is 11.6 Å². The Balaban J connectivity index is 2.80. The number of hydrogen-bond donors (Lipinski definition) is 2. The van der Waals surface area contributed by atoms with Crippen LogP contribution in [-0.4, -0.2) is 30.9 Å². The summed E-state index contributed by atoms with van der Waals surface area (Å²) in [7, 11) is 0. The fraction of sp³-hybridized carbons (Fsp3) is 0.364. The van der Waals surface area contributed by atoms with Gasteiger partial charge in [-0.3, -0.25) is 0 Å². The van der Waals surface area contributed by atoms with E-state index in [1.807, 2.05) is 6.92 Å². The van der Waals surface area contributed by atoms with Crippen LogP contribution in [0.3, 0.4) is 0 Å². The average Bonchev–Trinajstić information content (AvgIpc) is 2.34. The number of hydrogen-bond acceptors (Lipinski definition) is 4. The van der Waals surface area contributed by atoms with Gasteiger partial charge < -0.3 is 20.4 Å². The lowest BCUT2D eigenvalue weighted by molar-refractivity contribution is 0.110. The van der Waals surface area contributed by atoms with Gasteiger partial charge in [0.2, 0.25) is 0 Å². The van der Waals surface area contributed by atoms with Gasteiger partial charge in [0.05, 0.1) is 17.2 Å². The summed E-state index contributed by atoms with van der Waals surface area (Å²) in [6.45, 7) is 3.38. The molecule has 5 nitrogen and oxygen atoms in total. The Morgan fingerprint density at radius 2 is 2.24 bits per heavy atom. The molecule has 3 N–H and O–H groups in total. The van der Waals surface area contributed by atoms with Crippen molar-refractivity contribution in [2.45, 2.75) is 6.92 Å². The molecule has 0 unspecified atom stereocenters. The molecule has 1 aromatic rings. The molecule has 6 heteroatoms. The van der Waals surface area contributed by atoms with Crippen molar-refractivity contribution >= 4 is 17.4 Å². The average molecular weight is 259 g/mol. The van der Waals surface area contributed by atoms with Gasteiger partial charge in [-0.2, -0.15) is 0 Å². The summed E-state index contributed by atoms with van der Waals surface area (Å²) in [4.78, 5) is 0. The lowest BCUT2D eigenvalue weighted by Gasteiger charge is -2.11. The lowest BCUT2D eigenvalue weighted by Crippen LogP contribution is -2.16. The normalized spacial score (nSPS) is 11.5. The molecular weight excluding hydrogens is 244 g/mol. The van der Waals surface area contributed by atoms with Gasteiger partial charge >= 0.3 is 0 Å². The molecule has 1 rings (SSSR count). The number of nitrogens with two attached hydrogens (primary N) is 1. The summed E-state index contributed by atoms with van der Waals surface area (Å²) in [5.74, 6) is 0.384. The van der Waals surface area contributed by atoms with Crippen molar-refractivity contribution < 1.29 is 14.7 Å². The fourth-order valence-electron chi connectivity index (χ4n) is 1.28. The maximum atomic E-state index is 8.67. The van der Waals surface area contributed by atoms with Crippen LogP contribution in [0.25, 0.3) is 0 Å². The monoisotopic (exact) mass is 258 g/mol. The Bertz CT molecular complexity index is 396. The van der Waals surface area contributed by atoms with E-state index in [-0.39, 0.29) is 5.84 Å². The molecule has 0 saturated heterocycles. The second-order valence-electron chi connectivity index (χ2n) is 3.14. The number of oxime groups is 1. The highest BCUT2D eigenvalue weighted by molar-refractivity contribution is 6.34. The van der Waals surface area contributed by atoms with Gasteiger partial charge in [-0.25, -0.2) is 0 Å². The van der Waals surface area contributed by atoms with E-state index in [9.17, 15) is 0 Å². The summed E-state index contributed by atoms with van der Waals surface area (Å²) < 4.78 is 10.6. The molecule has 0 heterocycles. The smallest absolute Gasteiger partial charge is 0.175 e. The molecule has 94 valence electrons. The number of halogens is 1. The SMILES string of the molecule is CCOCCOc1cccc(Cl)c1C(N)=NO. The molecule has 0 amide bonds. The molecule has 0 bridgehead atoms. The van der Waals surface area contributed by atoms with E-state index in [1.165, 1.54) is 0 Å². The molecule has 0 aliphatic heterocycles. The molecule has 0 aliphatic carbocycles. The predicted molar refractivity (Wildman–Crippen MR) is 66.0 cm³/mol. The van der Waals surface area contributed by atoms with Crippen LogP contribution in [0, 0.1) is 0 Å². The van der Waals surface area contributed by atoms with E-state index < -0.39 is 0 Å². The third-order valence-electron chi connectivity index (χ3n) is 2.03. The third-order valence-corrected chi connectivity index (χ3v) is 2.34. The Labute approximate surface area is 105 Å². The Kier molecular flexibility index (Phi) is 5.59. The van der Waals surface area contributed by atoms with Crippen molar-refractivity contribution in [3.05, 3.63) is 28.8 Å². The zero-order valence-corrected chi connectivity index (χ0v) is 10.3. The summed E-state index contributed by atoms with van der Waals surface area (Å²) in [6.07, 6.45) is 0. The van der Waals surface area contributed by atoms with Gasteiger partial charge in [0.15, 0.2) is 5.84 Å². The highest BCUT2D eigenvalue weighted by atomic mass is 35.5. The third kappa shape index (κ3) is 3.80. The number of ether oxygens (including phenoxy) is 2. The van der Waals surface area contributed by atoms with Crippen molar-refractivity contribution in [1.82, 2.24) is 0 Å². The minimum absolute atomic E-state index is 0.0815. The van der Waals surface area contributed by atoms with Crippen LogP contribution < -0.4 is 10.5 Å². The maximum absolute atomic E-state index is 8.67. The second kappa shape index (κ2) is 6.98. The highest BCUT2D eigenvalue weighted by Crippen LogP contribution is 2.26. The van der Waals surface area contributed by atoms with Gasteiger partial charge in [-0.05, 0) is 19.1 Å². The minimum atomic E-state index is -0.0815. The summed E-state index contributed by atoms with van der Waals surface area (Å²) in [6, 6.07) is 5.07. The first kappa shape index (κ1) is 13.6. The molecule has 1 aromatic carbocycles. The van der Waals surface area contributed by atoms with Gasteiger partial charge in [0.25, 0.3) is 0 Å². The first-order valence-electron chi connectivity index (χ1n) is 5.17. The largest absolute Gasteiger partial charge is 0.490 e. The number of benzene rings is 1. The zero-order valence-electron chi connectivity index (χ0n) is 9.52. The standard InChI is InChI=1S/C11H15ClN2O3/c1-2-16-6-7-17-9-5-3-4-8(12)10(9)11(13)14-15/h3-5,15H,2,6-7H2,1H3,(H2,13,14). The van der Waals surface area contributed by atoms with Crippen molar-refractivity contribution in [3.8, 4) is 5.75 Å². The van der Waals surface area contributed by atoms with E-state index in [0.717, 1.165) is 0 Å². The van der Waals surface area contributed by atoms with Crippen molar-refractivity contribution in [2.75, 3.05) is 19.8 Å². The molecular formula is C11H15ClN2O3. The summed E-state index contributed by atoms with van der Waals surface area (Å²) in [5.41, 5.74) is 5.91. The first-order valence-corrected chi connectivity index (χ1v) is 5.55. The molecule has 0 fully saturated rings. The second-order valence-corrected chi connectivity index (χ2v) is 3.55. The van der Waals surface area contributed by atoms with Gasteiger partial charge in [-0.1, -0.05) is 22.8 Å². The van der Waals surface area contributed by atoms with Crippen LogP contribution in [0.4, 0.5) is 0 Å². The fourth-order valence-corrected chi connectivity index (χ4v) is 1.54. The quantitative estimate of drug-likeness (QED) is 0.268. The van der Waals surface area contributed by atoms with Crippen LogP contribution in [0.1, 0.15) is 12.5 Å². The van der Waals surface area contributed by atoms with Crippen molar-refractivity contribution in [2.24, 2.45) is 10.9 Å². The highest BCUT2D eigenvalue weighted by Gasteiger charge is 2.12. The lowest BCUT2D eigenvalue weighted by atomic mass is 10.2. The Morgan fingerprint density at radius 3 is 2.88 bits per heavy atom. The van der Waals surface area contributed by atoms with E-state index in [0.29, 0.717) is 36.2 Å². The Morgan fingerprint density at radius 1 is 1.47 bits per heavy atom. The summed E-state index contributed by atoms with van der Waals surface area (Å²) >= 11 is 5.96. The molecule has 0 saturated carbocycles. The summed E-state index contributed by atoms with van der Waals surface area (Å²) in [5, 5.41) is 12.0. The van der Waals surface area contributed by atoms with E-state index in [2.05, 4.69) is 5.16 Å². The van der Waals surface area contributed by atoms with Crippen LogP contribution in [0.2, 0.25) is 5.02 Å². The number of nitrogens with zero attached hydrogens (tertiary/aromatic N) is 1. The van der Waals surface area contributed by atoms with E-state index in [1.54, 1.807) is 18.2 Å². The molecule has 0 radical (unpaired) electrons. The zero-order chi connectivity index (χ0) is 12.7. The molecule has 0 aliphatic rings. The van der Waals surface area contributed by atoms with E-state index >= 15 is 0 Å². The van der Waals surface area contributed by atoms with Gasteiger partial charge in [0, 0.05) is 6.61 Å². The molecule has 0 aromatic heterocycles. The van der Waals surface area contributed by atoms with E-state index in [4.69, 9.17) is 32.0 Å². The van der Waals surface area contributed by atoms with Crippen LogP contribution in [0.5, 0.6) is 5.75 Å². The van der Waals surface area contributed by atoms with Crippen molar-refractivity contribution in [1.29, 1.82) is 0 Å². The Hall–Kier alpha value is -1.46. The van der Waals surface area contributed by atoms with Crippen LogP contribution in [0.15, 0.2) is 23.4 Å². The predicted octanol–water partition coefficient (Wildman–Crippen LogP) is 1.85. The molecule has 17 heavy (non-hydrogen) atoms. The van der Waals surface area contributed by atoms with Gasteiger partial charge in [0.1, 0.15) is 12.4 Å². The number of amidine groups is 1. The molecule has 0 atom stereocenters. The van der Waals surface area contributed by atoms with Gasteiger partial charge in [-0.15, -0.1) is 0 Å². The topological polar surface area (TPSA) is 77.1 Å².